The molecule has 1 atom stereocenters. The van der Waals surface area contributed by atoms with Crippen molar-refractivity contribution in [3.05, 3.63) is 11.9 Å². The number of nitrogens with one attached hydrogen (secondary N) is 2. The van der Waals surface area contributed by atoms with Crippen molar-refractivity contribution in [3.8, 4) is 0 Å². The molecule has 0 aliphatic heterocycles. The topological polar surface area (TPSA) is 49.8 Å². The summed E-state index contributed by atoms with van der Waals surface area (Å²) in [5.74, 6) is 1.87. The molecule has 0 radical (unpaired) electrons. The fraction of sp³-hybridized carbons (Fsp3) is 0.692. The van der Waals surface area contributed by atoms with Gasteiger partial charge in [0.1, 0.15) is 18.0 Å². The smallest absolute Gasteiger partial charge is 0.134 e. The van der Waals surface area contributed by atoms with Gasteiger partial charge in [-0.2, -0.15) is 0 Å². The quantitative estimate of drug-likeness (QED) is 0.763. The summed E-state index contributed by atoms with van der Waals surface area (Å²) < 4.78 is 0. The fourth-order valence-electron chi connectivity index (χ4n) is 1.76. The van der Waals surface area contributed by atoms with Crippen LogP contribution >= 0.6 is 0 Å². The molecule has 0 saturated heterocycles. The van der Waals surface area contributed by atoms with Gasteiger partial charge < -0.3 is 10.6 Å². The van der Waals surface area contributed by atoms with Crippen LogP contribution in [0.5, 0.6) is 0 Å². The van der Waals surface area contributed by atoms with E-state index in [9.17, 15) is 0 Å². The molecule has 2 N–H and O–H groups in total. The molecular formula is C13H24N4. The minimum atomic E-state index is 0.457. The number of nitrogens with zero attached hydrogens (tertiary/aromatic N) is 2. The van der Waals surface area contributed by atoms with Crippen LogP contribution in [0.15, 0.2) is 6.33 Å². The number of anilines is 2. The van der Waals surface area contributed by atoms with Crippen LogP contribution in [-0.4, -0.2) is 22.6 Å². The van der Waals surface area contributed by atoms with Crippen molar-refractivity contribution >= 4 is 11.6 Å². The fourth-order valence-corrected chi connectivity index (χ4v) is 1.76. The molecule has 0 aliphatic rings. The van der Waals surface area contributed by atoms with E-state index < -0.39 is 0 Å². The van der Waals surface area contributed by atoms with Crippen molar-refractivity contribution < 1.29 is 0 Å². The van der Waals surface area contributed by atoms with E-state index in [0.29, 0.717) is 6.04 Å². The van der Waals surface area contributed by atoms with Crippen LogP contribution in [-0.2, 0) is 0 Å². The van der Waals surface area contributed by atoms with Crippen molar-refractivity contribution in [2.75, 3.05) is 17.2 Å². The van der Waals surface area contributed by atoms with Gasteiger partial charge in [-0.05, 0) is 27.2 Å². The maximum absolute atomic E-state index is 4.31. The van der Waals surface area contributed by atoms with Gasteiger partial charge in [-0.25, -0.2) is 9.97 Å². The predicted octanol–water partition coefficient (Wildman–Crippen LogP) is 3.21. The van der Waals surface area contributed by atoms with Gasteiger partial charge in [0, 0.05) is 18.2 Å². The predicted molar refractivity (Wildman–Crippen MR) is 73.5 cm³/mol. The van der Waals surface area contributed by atoms with Crippen molar-refractivity contribution in [2.45, 2.75) is 53.0 Å². The Balaban J connectivity index is 2.67. The molecule has 1 aromatic heterocycles. The summed E-state index contributed by atoms with van der Waals surface area (Å²) in [7, 11) is 0. The average Bonchev–Trinajstić information content (AvgIpc) is 2.32. The van der Waals surface area contributed by atoms with Gasteiger partial charge in [0.25, 0.3) is 0 Å². The van der Waals surface area contributed by atoms with Crippen molar-refractivity contribution in [2.24, 2.45) is 0 Å². The first-order chi connectivity index (χ1) is 8.19. The minimum absolute atomic E-state index is 0.457. The molecule has 4 heteroatoms. The Bertz CT molecular complexity index is 338. The van der Waals surface area contributed by atoms with E-state index in [-0.39, 0.29) is 0 Å². The lowest BCUT2D eigenvalue weighted by molar-refractivity contribution is 0.642. The zero-order valence-corrected chi connectivity index (χ0v) is 11.4. The summed E-state index contributed by atoms with van der Waals surface area (Å²) in [4.78, 5) is 8.54. The maximum Gasteiger partial charge on any atom is 0.134 e. The second-order valence-corrected chi connectivity index (χ2v) is 4.41. The molecule has 0 aromatic carbocycles. The largest absolute Gasteiger partial charge is 0.370 e. The number of rotatable bonds is 7. The Kier molecular flexibility index (Phi) is 5.73. The summed E-state index contributed by atoms with van der Waals surface area (Å²) in [6.07, 6.45) is 5.27. The van der Waals surface area contributed by atoms with Crippen LogP contribution in [0.25, 0.3) is 0 Å². The van der Waals surface area contributed by atoms with Crippen LogP contribution in [0.2, 0.25) is 0 Å². The van der Waals surface area contributed by atoms with Crippen LogP contribution < -0.4 is 10.6 Å². The zero-order valence-electron chi connectivity index (χ0n) is 11.4. The Morgan fingerprint density at radius 2 is 1.94 bits per heavy atom. The average molecular weight is 236 g/mol. The highest BCUT2D eigenvalue weighted by Crippen LogP contribution is 2.19. The van der Waals surface area contributed by atoms with Crippen LogP contribution in [0.1, 0.15) is 45.6 Å². The van der Waals surface area contributed by atoms with E-state index in [1.165, 1.54) is 19.3 Å². The molecule has 1 aromatic rings. The van der Waals surface area contributed by atoms with E-state index >= 15 is 0 Å². The lowest BCUT2D eigenvalue weighted by Crippen LogP contribution is -2.17. The minimum Gasteiger partial charge on any atom is -0.370 e. The standard InChI is InChI=1S/C13H24N4/c1-5-7-8-10(3)17-13-11(4)12(14-6-2)15-9-16-13/h9-10H,5-8H2,1-4H3,(H2,14,15,16,17). The molecule has 0 aliphatic carbocycles. The second kappa shape index (κ2) is 7.09. The van der Waals surface area contributed by atoms with Gasteiger partial charge in [0.05, 0.1) is 0 Å². The third-order valence-corrected chi connectivity index (χ3v) is 2.80. The van der Waals surface area contributed by atoms with E-state index in [2.05, 4.69) is 41.4 Å². The van der Waals surface area contributed by atoms with E-state index in [0.717, 1.165) is 23.7 Å². The first-order valence-electron chi connectivity index (χ1n) is 6.51. The van der Waals surface area contributed by atoms with Crippen LogP contribution in [0.3, 0.4) is 0 Å². The monoisotopic (exact) mass is 236 g/mol. The molecule has 0 saturated carbocycles. The first-order valence-corrected chi connectivity index (χ1v) is 6.51. The molecule has 0 spiro atoms. The molecule has 96 valence electrons. The maximum atomic E-state index is 4.31. The van der Waals surface area contributed by atoms with Crippen molar-refractivity contribution in [1.29, 1.82) is 0 Å². The van der Waals surface area contributed by atoms with Crippen LogP contribution in [0, 0.1) is 6.92 Å². The zero-order chi connectivity index (χ0) is 12.7. The molecule has 0 bridgehead atoms. The van der Waals surface area contributed by atoms with Crippen molar-refractivity contribution in [3.63, 3.8) is 0 Å². The number of aromatic nitrogens is 2. The first kappa shape index (κ1) is 13.7. The summed E-state index contributed by atoms with van der Waals surface area (Å²) >= 11 is 0. The number of unbranched alkanes of at least 4 members (excludes halogenated alkanes) is 1. The summed E-state index contributed by atoms with van der Waals surface area (Å²) in [5.41, 5.74) is 1.10. The third kappa shape index (κ3) is 4.21. The Hall–Kier alpha value is -1.32. The van der Waals surface area contributed by atoms with Crippen molar-refractivity contribution in [1.82, 2.24) is 9.97 Å². The van der Waals surface area contributed by atoms with Gasteiger partial charge in [-0.15, -0.1) is 0 Å². The highest BCUT2D eigenvalue weighted by Gasteiger charge is 2.08. The molecule has 1 rings (SSSR count). The summed E-state index contributed by atoms with van der Waals surface area (Å²) in [6.45, 7) is 9.41. The SMILES string of the molecule is CCCCC(C)Nc1ncnc(NCC)c1C. The van der Waals surface area contributed by atoms with Gasteiger partial charge in [-0.3, -0.25) is 0 Å². The number of hydrogen-bond acceptors (Lipinski definition) is 4. The van der Waals surface area contributed by atoms with Gasteiger partial charge in [0.15, 0.2) is 0 Å². The molecule has 0 fully saturated rings. The Morgan fingerprint density at radius 3 is 2.59 bits per heavy atom. The Labute approximate surface area is 104 Å². The Morgan fingerprint density at radius 1 is 1.24 bits per heavy atom. The van der Waals surface area contributed by atoms with E-state index in [1.807, 2.05) is 6.92 Å². The van der Waals surface area contributed by atoms with Gasteiger partial charge in [0.2, 0.25) is 0 Å². The lowest BCUT2D eigenvalue weighted by atomic mass is 10.1. The second-order valence-electron chi connectivity index (χ2n) is 4.41. The molecule has 1 unspecified atom stereocenters. The lowest BCUT2D eigenvalue weighted by Gasteiger charge is -2.17. The molecular weight excluding hydrogens is 212 g/mol. The molecule has 0 amide bonds. The normalized spacial score (nSPS) is 12.2. The third-order valence-electron chi connectivity index (χ3n) is 2.80. The van der Waals surface area contributed by atoms with Gasteiger partial charge >= 0.3 is 0 Å². The highest BCUT2D eigenvalue weighted by atomic mass is 15.1. The van der Waals surface area contributed by atoms with Crippen LogP contribution in [0.4, 0.5) is 11.6 Å². The molecule has 17 heavy (non-hydrogen) atoms. The molecule has 1 heterocycles. The van der Waals surface area contributed by atoms with Gasteiger partial charge in [-0.1, -0.05) is 19.8 Å². The summed E-state index contributed by atoms with van der Waals surface area (Å²) in [5, 5.41) is 6.69. The van der Waals surface area contributed by atoms with E-state index in [1.54, 1.807) is 6.33 Å². The summed E-state index contributed by atoms with van der Waals surface area (Å²) in [6, 6.07) is 0.457. The highest BCUT2D eigenvalue weighted by molar-refractivity contribution is 5.56. The number of hydrogen-bond donors (Lipinski definition) is 2. The molecule has 4 nitrogen and oxygen atoms in total. The van der Waals surface area contributed by atoms with E-state index in [4.69, 9.17) is 0 Å².